The highest BCUT2D eigenvalue weighted by Crippen LogP contribution is 2.28. The van der Waals surface area contributed by atoms with Gasteiger partial charge in [-0.1, -0.05) is 13.8 Å². The Balaban J connectivity index is 2.93. The Morgan fingerprint density at radius 3 is 2.63 bits per heavy atom. The third-order valence-corrected chi connectivity index (χ3v) is 4.05. The molecule has 0 spiro atoms. The summed E-state index contributed by atoms with van der Waals surface area (Å²) in [6, 6.07) is 0.480. The quantitative estimate of drug-likeness (QED) is 0.757. The molecule has 0 fully saturated rings. The Hall–Kier alpha value is -0.650. The van der Waals surface area contributed by atoms with Crippen LogP contribution < -0.4 is 10.2 Å². The van der Waals surface area contributed by atoms with E-state index in [2.05, 4.69) is 37.9 Å². The molecule has 0 aliphatic carbocycles. The topological polar surface area (TPSA) is 37.4 Å². The number of rotatable bonds is 9. The molecule has 0 aliphatic rings. The number of nitrogens with one attached hydrogen (secondary N) is 1. The van der Waals surface area contributed by atoms with Crippen LogP contribution in [0, 0.1) is 0 Å². The molecule has 5 heteroatoms. The number of thiazole rings is 1. The number of nitrogens with zero attached hydrogens (tertiary/aromatic N) is 2. The lowest BCUT2D eigenvalue weighted by molar-refractivity contribution is 0.181. The third kappa shape index (κ3) is 4.75. The summed E-state index contributed by atoms with van der Waals surface area (Å²) in [7, 11) is 1.72. The van der Waals surface area contributed by atoms with Crippen LogP contribution in [0.4, 0.5) is 5.13 Å². The minimum atomic E-state index is 0.480. The van der Waals surface area contributed by atoms with E-state index in [1.807, 2.05) is 0 Å². The predicted molar refractivity (Wildman–Crippen MR) is 83.0 cm³/mol. The first-order valence-electron chi connectivity index (χ1n) is 7.08. The summed E-state index contributed by atoms with van der Waals surface area (Å²) in [4.78, 5) is 8.44. The van der Waals surface area contributed by atoms with E-state index in [4.69, 9.17) is 9.72 Å². The van der Waals surface area contributed by atoms with Gasteiger partial charge in [0.1, 0.15) is 0 Å². The number of aromatic nitrogens is 1. The first-order chi connectivity index (χ1) is 9.13. The van der Waals surface area contributed by atoms with Gasteiger partial charge in [-0.15, -0.1) is 11.3 Å². The van der Waals surface area contributed by atoms with Crippen LogP contribution in [-0.2, 0) is 17.9 Å². The van der Waals surface area contributed by atoms with Gasteiger partial charge in [0.25, 0.3) is 0 Å². The molecular weight excluding hydrogens is 258 g/mol. The Bertz CT molecular complexity index is 366. The molecule has 0 unspecified atom stereocenters. The summed E-state index contributed by atoms with van der Waals surface area (Å²) in [5.41, 5.74) is 1.07. The highest BCUT2D eigenvalue weighted by Gasteiger charge is 2.17. The lowest BCUT2D eigenvalue weighted by Gasteiger charge is -2.25. The van der Waals surface area contributed by atoms with Crippen LogP contribution in [0.5, 0.6) is 0 Å². The standard InChI is InChI=1S/C14H27N3OS/c1-6-8-17(11(3)4)14-16-12(10-18-5)13(19-14)9-15-7-2/h11,15H,6-10H2,1-5H3. The lowest BCUT2D eigenvalue weighted by atomic mass is 10.3. The molecule has 0 radical (unpaired) electrons. The van der Waals surface area contributed by atoms with Crippen molar-refractivity contribution in [2.24, 2.45) is 0 Å². The minimum Gasteiger partial charge on any atom is -0.378 e. The van der Waals surface area contributed by atoms with E-state index < -0.39 is 0 Å². The Morgan fingerprint density at radius 2 is 2.11 bits per heavy atom. The van der Waals surface area contributed by atoms with Crippen molar-refractivity contribution in [2.45, 2.75) is 53.3 Å². The average Bonchev–Trinajstić information content (AvgIpc) is 2.76. The van der Waals surface area contributed by atoms with Crippen molar-refractivity contribution in [2.75, 3.05) is 25.1 Å². The molecule has 1 aromatic rings. The summed E-state index contributed by atoms with van der Waals surface area (Å²) in [6.45, 7) is 12.3. The van der Waals surface area contributed by atoms with Crippen LogP contribution >= 0.6 is 11.3 Å². The Morgan fingerprint density at radius 1 is 1.37 bits per heavy atom. The van der Waals surface area contributed by atoms with Crippen molar-refractivity contribution in [1.82, 2.24) is 10.3 Å². The van der Waals surface area contributed by atoms with Gasteiger partial charge in [-0.05, 0) is 26.8 Å². The van der Waals surface area contributed by atoms with E-state index in [-0.39, 0.29) is 0 Å². The Kier molecular flexibility index (Phi) is 7.34. The van der Waals surface area contributed by atoms with Gasteiger partial charge in [-0.3, -0.25) is 0 Å². The molecule has 0 atom stereocenters. The zero-order valence-corrected chi connectivity index (χ0v) is 13.6. The molecule has 0 aliphatic heterocycles. The normalized spacial score (nSPS) is 11.3. The molecule has 0 amide bonds. The van der Waals surface area contributed by atoms with Crippen molar-refractivity contribution in [1.29, 1.82) is 0 Å². The summed E-state index contributed by atoms with van der Waals surface area (Å²) in [5.74, 6) is 0. The minimum absolute atomic E-state index is 0.480. The molecule has 0 bridgehead atoms. The molecule has 1 heterocycles. The maximum Gasteiger partial charge on any atom is 0.186 e. The van der Waals surface area contributed by atoms with Gasteiger partial charge in [-0.25, -0.2) is 4.98 Å². The van der Waals surface area contributed by atoms with E-state index in [1.54, 1.807) is 18.4 Å². The summed E-state index contributed by atoms with van der Waals surface area (Å²) >= 11 is 1.79. The third-order valence-electron chi connectivity index (χ3n) is 2.92. The lowest BCUT2D eigenvalue weighted by Crippen LogP contribution is -2.31. The number of anilines is 1. The zero-order chi connectivity index (χ0) is 14.3. The van der Waals surface area contributed by atoms with Gasteiger partial charge in [0.2, 0.25) is 0 Å². The fraction of sp³-hybridized carbons (Fsp3) is 0.786. The first-order valence-corrected chi connectivity index (χ1v) is 7.90. The van der Waals surface area contributed by atoms with Gasteiger partial charge in [0.15, 0.2) is 5.13 Å². The van der Waals surface area contributed by atoms with Crippen LogP contribution in [0.3, 0.4) is 0 Å². The van der Waals surface area contributed by atoms with Gasteiger partial charge >= 0.3 is 0 Å². The number of hydrogen-bond donors (Lipinski definition) is 1. The van der Waals surface area contributed by atoms with Gasteiger partial charge in [0, 0.05) is 31.1 Å². The van der Waals surface area contributed by atoms with Crippen LogP contribution in [0.25, 0.3) is 0 Å². The molecule has 110 valence electrons. The van der Waals surface area contributed by atoms with E-state index in [0.717, 1.165) is 36.9 Å². The second-order valence-corrected chi connectivity index (χ2v) is 5.93. The number of ether oxygens (including phenoxy) is 1. The van der Waals surface area contributed by atoms with E-state index >= 15 is 0 Å². The average molecular weight is 285 g/mol. The van der Waals surface area contributed by atoms with E-state index in [1.165, 1.54) is 4.88 Å². The maximum atomic E-state index is 5.26. The number of hydrogen-bond acceptors (Lipinski definition) is 5. The molecule has 1 rings (SSSR count). The van der Waals surface area contributed by atoms with Gasteiger partial charge in [-0.2, -0.15) is 0 Å². The van der Waals surface area contributed by atoms with Crippen molar-refractivity contribution in [3.8, 4) is 0 Å². The summed E-state index contributed by atoms with van der Waals surface area (Å²) in [6.07, 6.45) is 1.14. The maximum absolute atomic E-state index is 5.26. The zero-order valence-electron chi connectivity index (χ0n) is 12.8. The van der Waals surface area contributed by atoms with E-state index in [0.29, 0.717) is 12.6 Å². The van der Waals surface area contributed by atoms with Crippen molar-refractivity contribution in [3.05, 3.63) is 10.6 Å². The molecule has 19 heavy (non-hydrogen) atoms. The molecule has 0 saturated heterocycles. The molecule has 1 aromatic heterocycles. The van der Waals surface area contributed by atoms with E-state index in [9.17, 15) is 0 Å². The fourth-order valence-corrected chi connectivity index (χ4v) is 3.13. The highest BCUT2D eigenvalue weighted by molar-refractivity contribution is 7.15. The fourth-order valence-electron chi connectivity index (χ4n) is 1.93. The van der Waals surface area contributed by atoms with Gasteiger partial charge in [0.05, 0.1) is 12.3 Å². The highest BCUT2D eigenvalue weighted by atomic mass is 32.1. The van der Waals surface area contributed by atoms with Crippen LogP contribution in [0.15, 0.2) is 0 Å². The molecule has 4 nitrogen and oxygen atoms in total. The van der Waals surface area contributed by atoms with Gasteiger partial charge < -0.3 is 15.0 Å². The Labute approximate surface area is 121 Å². The second kappa shape index (κ2) is 8.51. The van der Waals surface area contributed by atoms with Crippen molar-refractivity contribution in [3.63, 3.8) is 0 Å². The molecule has 0 aromatic carbocycles. The number of methoxy groups -OCH3 is 1. The van der Waals surface area contributed by atoms with Crippen LogP contribution in [0.1, 0.15) is 44.7 Å². The summed E-state index contributed by atoms with van der Waals surface area (Å²) < 4.78 is 5.26. The summed E-state index contributed by atoms with van der Waals surface area (Å²) in [5, 5.41) is 4.50. The predicted octanol–water partition coefficient (Wildman–Crippen LogP) is 3.02. The van der Waals surface area contributed by atoms with Crippen molar-refractivity contribution >= 4 is 16.5 Å². The molecule has 0 saturated carbocycles. The largest absolute Gasteiger partial charge is 0.378 e. The molecule has 1 N–H and O–H groups in total. The van der Waals surface area contributed by atoms with Crippen LogP contribution in [0.2, 0.25) is 0 Å². The van der Waals surface area contributed by atoms with Crippen molar-refractivity contribution < 1.29 is 4.74 Å². The smallest absolute Gasteiger partial charge is 0.186 e. The second-order valence-electron chi connectivity index (χ2n) is 4.87. The monoisotopic (exact) mass is 285 g/mol. The SMILES string of the molecule is CCCN(c1nc(COC)c(CNCC)s1)C(C)C. The molecular formula is C14H27N3OS. The first kappa shape index (κ1) is 16.4. The van der Waals surface area contributed by atoms with Crippen LogP contribution in [-0.4, -0.2) is 31.2 Å².